The molecule has 2 aromatic carbocycles. The second-order valence-electron chi connectivity index (χ2n) is 5.91. The van der Waals surface area contributed by atoms with Crippen LogP contribution in [0.15, 0.2) is 48.5 Å². The molecule has 0 bridgehead atoms. The summed E-state index contributed by atoms with van der Waals surface area (Å²) in [7, 11) is 0. The average Bonchev–Trinajstić information content (AvgIpc) is 3.13. The van der Waals surface area contributed by atoms with E-state index in [-0.39, 0.29) is 18.4 Å². The minimum atomic E-state index is -0.369. The summed E-state index contributed by atoms with van der Waals surface area (Å²) in [5.41, 5.74) is 2.63. The fourth-order valence-corrected chi connectivity index (χ4v) is 2.73. The molecule has 0 spiro atoms. The lowest BCUT2D eigenvalue weighted by atomic mass is 10.2. The molecule has 136 valence electrons. The van der Waals surface area contributed by atoms with E-state index in [0.717, 1.165) is 11.3 Å². The summed E-state index contributed by atoms with van der Waals surface area (Å²) in [6.45, 7) is 2.14. The Morgan fingerprint density at radius 1 is 1.04 bits per heavy atom. The Morgan fingerprint density at radius 3 is 2.70 bits per heavy atom. The van der Waals surface area contributed by atoms with Crippen molar-refractivity contribution in [1.82, 2.24) is 10.2 Å². The fraction of sp³-hybridized carbons (Fsp3) is 0.105. The van der Waals surface area contributed by atoms with E-state index in [4.69, 9.17) is 21.1 Å². The number of nitrogens with zero attached hydrogens (tertiary/aromatic N) is 2. The predicted octanol–water partition coefficient (Wildman–Crippen LogP) is 4.16. The first-order valence-corrected chi connectivity index (χ1v) is 8.54. The third-order valence-electron chi connectivity index (χ3n) is 3.99. The zero-order valence-corrected chi connectivity index (χ0v) is 15.1. The summed E-state index contributed by atoms with van der Waals surface area (Å²) in [4.78, 5) is 12.4. The van der Waals surface area contributed by atoms with E-state index in [1.165, 1.54) is 0 Å². The number of amides is 1. The highest BCUT2D eigenvalue weighted by Gasteiger charge is 2.15. The van der Waals surface area contributed by atoms with Crippen LogP contribution in [0.1, 0.15) is 16.1 Å². The number of aryl methyl sites for hydroxylation is 1. The molecule has 27 heavy (non-hydrogen) atoms. The lowest BCUT2D eigenvalue weighted by Crippen LogP contribution is -2.14. The standard InChI is InChI=1S/C19H15ClN4O3/c1-11-2-3-12(20)8-15(11)22-18-7-5-14(23-24-18)19(25)21-13-4-6-16-17(9-13)27-10-26-16/h2-9H,10H2,1H3,(H,21,25)(H,22,24). The molecule has 2 heterocycles. The number of carbonyl (C=O) groups excluding carboxylic acids is 1. The third-order valence-corrected chi connectivity index (χ3v) is 4.23. The van der Waals surface area contributed by atoms with Gasteiger partial charge in [0.2, 0.25) is 6.79 Å². The number of anilines is 3. The van der Waals surface area contributed by atoms with Crippen molar-refractivity contribution in [2.24, 2.45) is 0 Å². The molecule has 0 saturated carbocycles. The van der Waals surface area contributed by atoms with Gasteiger partial charge in [-0.05, 0) is 48.9 Å². The Kier molecular flexibility index (Phi) is 4.52. The van der Waals surface area contributed by atoms with Gasteiger partial charge in [0.05, 0.1) is 0 Å². The molecule has 1 aromatic heterocycles. The second-order valence-corrected chi connectivity index (χ2v) is 6.35. The van der Waals surface area contributed by atoms with Crippen molar-refractivity contribution in [3.05, 3.63) is 64.8 Å². The van der Waals surface area contributed by atoms with E-state index >= 15 is 0 Å². The van der Waals surface area contributed by atoms with Crippen molar-refractivity contribution in [3.63, 3.8) is 0 Å². The molecular weight excluding hydrogens is 368 g/mol. The zero-order valence-electron chi connectivity index (χ0n) is 14.3. The van der Waals surface area contributed by atoms with Gasteiger partial charge < -0.3 is 20.1 Å². The van der Waals surface area contributed by atoms with Gasteiger partial charge in [0, 0.05) is 22.5 Å². The number of hydrogen-bond acceptors (Lipinski definition) is 6. The average molecular weight is 383 g/mol. The molecule has 2 N–H and O–H groups in total. The number of nitrogens with one attached hydrogen (secondary N) is 2. The topological polar surface area (TPSA) is 85.4 Å². The molecule has 0 unspecified atom stereocenters. The van der Waals surface area contributed by atoms with Gasteiger partial charge in [-0.2, -0.15) is 0 Å². The van der Waals surface area contributed by atoms with E-state index in [1.807, 2.05) is 19.1 Å². The Hall–Kier alpha value is -3.32. The molecule has 0 atom stereocenters. The zero-order chi connectivity index (χ0) is 18.8. The summed E-state index contributed by atoms with van der Waals surface area (Å²) >= 11 is 6.02. The molecule has 1 amide bonds. The summed E-state index contributed by atoms with van der Waals surface area (Å²) < 4.78 is 10.5. The van der Waals surface area contributed by atoms with E-state index < -0.39 is 0 Å². The minimum absolute atomic E-state index is 0.179. The maximum atomic E-state index is 12.4. The van der Waals surface area contributed by atoms with Crippen LogP contribution in [-0.4, -0.2) is 22.9 Å². The molecule has 4 rings (SSSR count). The van der Waals surface area contributed by atoms with Gasteiger partial charge in [0.25, 0.3) is 5.91 Å². The first kappa shape index (κ1) is 17.1. The minimum Gasteiger partial charge on any atom is -0.454 e. The number of hydrogen-bond donors (Lipinski definition) is 2. The third kappa shape index (κ3) is 3.78. The van der Waals surface area contributed by atoms with Gasteiger partial charge in [-0.15, -0.1) is 10.2 Å². The van der Waals surface area contributed by atoms with Crippen molar-refractivity contribution in [2.75, 3.05) is 17.4 Å². The van der Waals surface area contributed by atoms with Crippen molar-refractivity contribution in [1.29, 1.82) is 0 Å². The van der Waals surface area contributed by atoms with Crippen molar-refractivity contribution < 1.29 is 14.3 Å². The monoisotopic (exact) mass is 382 g/mol. The van der Waals surface area contributed by atoms with Crippen LogP contribution in [0.5, 0.6) is 11.5 Å². The number of carbonyl (C=O) groups is 1. The number of halogens is 1. The summed E-state index contributed by atoms with van der Waals surface area (Å²) in [5.74, 6) is 1.39. The maximum Gasteiger partial charge on any atom is 0.276 e. The number of ether oxygens (including phenoxy) is 2. The molecule has 0 fully saturated rings. The second kappa shape index (κ2) is 7.13. The Bertz CT molecular complexity index is 1010. The van der Waals surface area contributed by atoms with Crippen LogP contribution in [0, 0.1) is 6.92 Å². The Balaban J connectivity index is 1.45. The summed E-state index contributed by atoms with van der Waals surface area (Å²) in [6.07, 6.45) is 0. The van der Waals surface area contributed by atoms with Crippen LogP contribution in [0.2, 0.25) is 5.02 Å². The SMILES string of the molecule is Cc1ccc(Cl)cc1Nc1ccc(C(=O)Nc2ccc3c(c2)OCO3)nn1. The Morgan fingerprint density at radius 2 is 1.89 bits per heavy atom. The smallest absolute Gasteiger partial charge is 0.276 e. The van der Waals surface area contributed by atoms with Crippen LogP contribution in [0.3, 0.4) is 0 Å². The quantitative estimate of drug-likeness (QED) is 0.704. The molecule has 1 aliphatic rings. The fourth-order valence-electron chi connectivity index (χ4n) is 2.56. The molecular formula is C19H15ClN4O3. The maximum absolute atomic E-state index is 12.4. The molecule has 0 aliphatic carbocycles. The highest BCUT2D eigenvalue weighted by Crippen LogP contribution is 2.34. The van der Waals surface area contributed by atoms with Crippen LogP contribution in [0.4, 0.5) is 17.2 Å². The highest BCUT2D eigenvalue weighted by atomic mass is 35.5. The van der Waals surface area contributed by atoms with Crippen LogP contribution in [0.25, 0.3) is 0 Å². The molecule has 3 aromatic rings. The first-order chi connectivity index (χ1) is 13.1. The van der Waals surface area contributed by atoms with E-state index in [0.29, 0.717) is 28.0 Å². The van der Waals surface area contributed by atoms with Crippen molar-refractivity contribution in [3.8, 4) is 11.5 Å². The van der Waals surface area contributed by atoms with Crippen LogP contribution < -0.4 is 20.1 Å². The lowest BCUT2D eigenvalue weighted by molar-refractivity contribution is 0.102. The molecule has 8 heteroatoms. The van der Waals surface area contributed by atoms with Crippen molar-refractivity contribution in [2.45, 2.75) is 6.92 Å². The number of rotatable bonds is 4. The molecule has 0 radical (unpaired) electrons. The van der Waals surface area contributed by atoms with Crippen LogP contribution in [-0.2, 0) is 0 Å². The van der Waals surface area contributed by atoms with Crippen molar-refractivity contribution >= 4 is 34.7 Å². The number of aromatic nitrogens is 2. The Labute approximate surface area is 160 Å². The van der Waals surface area contributed by atoms with Gasteiger partial charge in [-0.1, -0.05) is 17.7 Å². The lowest BCUT2D eigenvalue weighted by Gasteiger charge is -2.09. The normalized spacial score (nSPS) is 11.9. The largest absolute Gasteiger partial charge is 0.454 e. The van der Waals surface area contributed by atoms with E-state index in [2.05, 4.69) is 20.8 Å². The highest BCUT2D eigenvalue weighted by molar-refractivity contribution is 6.30. The number of fused-ring (bicyclic) bond motifs is 1. The molecule has 0 saturated heterocycles. The molecule has 7 nitrogen and oxygen atoms in total. The van der Waals surface area contributed by atoms with Gasteiger partial charge >= 0.3 is 0 Å². The van der Waals surface area contributed by atoms with Gasteiger partial charge in [0.1, 0.15) is 0 Å². The summed E-state index contributed by atoms with van der Waals surface area (Å²) in [6, 6.07) is 14.0. The summed E-state index contributed by atoms with van der Waals surface area (Å²) in [5, 5.41) is 14.6. The van der Waals surface area contributed by atoms with E-state index in [9.17, 15) is 4.79 Å². The number of benzene rings is 2. The van der Waals surface area contributed by atoms with Gasteiger partial charge in [-0.25, -0.2) is 0 Å². The predicted molar refractivity (Wildman–Crippen MR) is 102 cm³/mol. The van der Waals surface area contributed by atoms with E-state index in [1.54, 1.807) is 36.4 Å². The van der Waals surface area contributed by atoms with Gasteiger partial charge in [-0.3, -0.25) is 4.79 Å². The van der Waals surface area contributed by atoms with Gasteiger partial charge in [0.15, 0.2) is 23.0 Å². The first-order valence-electron chi connectivity index (χ1n) is 8.16. The molecule has 1 aliphatic heterocycles. The van der Waals surface area contributed by atoms with Crippen LogP contribution >= 0.6 is 11.6 Å².